The Balaban J connectivity index is 1.42. The third-order valence-electron chi connectivity index (χ3n) is 7.81. The molecule has 0 radical (unpaired) electrons. The molecule has 0 spiro atoms. The first kappa shape index (κ1) is 28.1. The van der Waals surface area contributed by atoms with Gasteiger partial charge in [-0.1, -0.05) is 42.5 Å². The molecule has 9 nitrogen and oxygen atoms in total. The summed E-state index contributed by atoms with van der Waals surface area (Å²) in [7, 11) is 0.290. The highest BCUT2D eigenvalue weighted by atomic mass is 32.2. The first-order valence-electron chi connectivity index (χ1n) is 13.6. The SMILES string of the molecule is COCCN(C)C(=O)c1cn(Cc2cncn2CC2CCN(S(C)(=O)=O)CC2)cc1-c1cccc2ccccc12. The van der Waals surface area contributed by atoms with E-state index in [1.165, 1.54) is 6.26 Å². The molecule has 1 fully saturated rings. The largest absolute Gasteiger partial charge is 0.383 e. The minimum atomic E-state index is -3.14. The lowest BCUT2D eigenvalue weighted by molar-refractivity contribution is 0.0745. The molecular formula is C30H37N5O4S. The van der Waals surface area contributed by atoms with E-state index >= 15 is 0 Å². The van der Waals surface area contributed by atoms with Gasteiger partial charge in [-0.25, -0.2) is 17.7 Å². The zero-order valence-electron chi connectivity index (χ0n) is 23.4. The quantitative estimate of drug-likeness (QED) is 0.292. The fourth-order valence-corrected chi connectivity index (χ4v) is 6.39. The minimum Gasteiger partial charge on any atom is -0.383 e. The lowest BCUT2D eigenvalue weighted by Gasteiger charge is -2.30. The van der Waals surface area contributed by atoms with Crippen LogP contribution in [0.25, 0.3) is 21.9 Å². The van der Waals surface area contributed by atoms with Crippen molar-refractivity contribution in [2.75, 3.05) is 46.7 Å². The highest BCUT2D eigenvalue weighted by Gasteiger charge is 2.26. The van der Waals surface area contributed by atoms with Crippen LogP contribution in [0, 0.1) is 5.92 Å². The van der Waals surface area contributed by atoms with Crippen LogP contribution in [0.15, 0.2) is 67.4 Å². The summed E-state index contributed by atoms with van der Waals surface area (Å²) in [6.07, 6.45) is 10.6. The summed E-state index contributed by atoms with van der Waals surface area (Å²) in [6, 6.07) is 14.4. The zero-order chi connectivity index (χ0) is 28.3. The van der Waals surface area contributed by atoms with Crippen molar-refractivity contribution in [3.05, 3.63) is 78.6 Å². The molecule has 1 saturated heterocycles. The molecule has 1 aliphatic rings. The number of carbonyl (C=O) groups is 1. The highest BCUT2D eigenvalue weighted by molar-refractivity contribution is 7.88. The summed E-state index contributed by atoms with van der Waals surface area (Å²) < 4.78 is 34.8. The Hall–Kier alpha value is -3.47. The number of imidazole rings is 1. The number of fused-ring (bicyclic) bond motifs is 1. The summed E-state index contributed by atoms with van der Waals surface area (Å²) in [4.78, 5) is 19.7. The van der Waals surface area contributed by atoms with Crippen molar-refractivity contribution in [2.24, 2.45) is 5.92 Å². The maximum atomic E-state index is 13.6. The first-order chi connectivity index (χ1) is 19.2. The van der Waals surface area contributed by atoms with Crippen molar-refractivity contribution in [3.63, 3.8) is 0 Å². The molecule has 4 aromatic rings. The van der Waals surface area contributed by atoms with Crippen LogP contribution in [-0.4, -0.2) is 84.3 Å². The monoisotopic (exact) mass is 563 g/mol. The molecule has 0 aliphatic carbocycles. The van der Waals surface area contributed by atoms with E-state index in [1.54, 1.807) is 23.4 Å². The van der Waals surface area contributed by atoms with E-state index in [0.29, 0.717) is 44.3 Å². The summed E-state index contributed by atoms with van der Waals surface area (Å²) in [5.41, 5.74) is 3.60. The maximum Gasteiger partial charge on any atom is 0.255 e. The minimum absolute atomic E-state index is 0.0510. The van der Waals surface area contributed by atoms with Crippen molar-refractivity contribution in [1.82, 2.24) is 23.3 Å². The molecule has 212 valence electrons. The van der Waals surface area contributed by atoms with Gasteiger partial charge in [0.15, 0.2) is 0 Å². The van der Waals surface area contributed by atoms with Crippen LogP contribution in [0.3, 0.4) is 0 Å². The van der Waals surface area contributed by atoms with Gasteiger partial charge < -0.3 is 18.8 Å². The summed E-state index contributed by atoms with van der Waals surface area (Å²) in [5, 5.41) is 2.22. The average Bonchev–Trinajstić information content (AvgIpc) is 3.57. The number of rotatable bonds is 10. The third-order valence-corrected chi connectivity index (χ3v) is 9.11. The smallest absolute Gasteiger partial charge is 0.255 e. The molecule has 2 aromatic heterocycles. The van der Waals surface area contributed by atoms with Gasteiger partial charge in [0.1, 0.15) is 0 Å². The van der Waals surface area contributed by atoms with Crippen molar-refractivity contribution < 1.29 is 17.9 Å². The van der Waals surface area contributed by atoms with Gasteiger partial charge in [0, 0.05) is 64.5 Å². The Bertz CT molecular complexity index is 1580. The second kappa shape index (κ2) is 12.0. The third kappa shape index (κ3) is 6.14. The van der Waals surface area contributed by atoms with E-state index in [1.807, 2.05) is 36.9 Å². The highest BCUT2D eigenvalue weighted by Crippen LogP contribution is 2.33. The van der Waals surface area contributed by atoms with Gasteiger partial charge in [0.05, 0.1) is 37.0 Å². The predicted molar refractivity (Wildman–Crippen MR) is 157 cm³/mol. The molecule has 0 saturated carbocycles. The number of ether oxygens (including phenoxy) is 1. The molecule has 40 heavy (non-hydrogen) atoms. The first-order valence-corrected chi connectivity index (χ1v) is 15.5. The number of methoxy groups -OCH3 is 1. The number of aromatic nitrogens is 3. The molecule has 0 unspecified atom stereocenters. The van der Waals surface area contributed by atoms with Crippen LogP contribution in [0.1, 0.15) is 28.9 Å². The van der Waals surface area contributed by atoms with Crippen molar-refractivity contribution in [2.45, 2.75) is 25.9 Å². The van der Waals surface area contributed by atoms with Gasteiger partial charge in [-0.05, 0) is 35.1 Å². The van der Waals surface area contributed by atoms with Gasteiger partial charge in [0.2, 0.25) is 10.0 Å². The number of amides is 1. The Morgan fingerprint density at radius 2 is 1.82 bits per heavy atom. The fourth-order valence-electron chi connectivity index (χ4n) is 5.51. The number of piperidine rings is 1. The van der Waals surface area contributed by atoms with Gasteiger partial charge in [-0.3, -0.25) is 4.79 Å². The summed E-state index contributed by atoms with van der Waals surface area (Å²) in [5.74, 6) is 0.332. The van der Waals surface area contributed by atoms with Crippen LogP contribution >= 0.6 is 0 Å². The van der Waals surface area contributed by atoms with Gasteiger partial charge in [-0.2, -0.15) is 0 Å². The molecule has 0 atom stereocenters. The average molecular weight is 564 g/mol. The number of hydrogen-bond donors (Lipinski definition) is 0. The van der Waals surface area contributed by atoms with Crippen LogP contribution in [0.2, 0.25) is 0 Å². The van der Waals surface area contributed by atoms with Crippen molar-refractivity contribution in [3.8, 4) is 11.1 Å². The number of likely N-dealkylation sites (N-methyl/N-ethyl adjacent to an activating group) is 1. The number of nitrogens with zero attached hydrogens (tertiary/aromatic N) is 5. The summed E-state index contributed by atoms with van der Waals surface area (Å²) >= 11 is 0. The number of benzene rings is 2. The number of carbonyl (C=O) groups excluding carboxylic acids is 1. The molecule has 0 bridgehead atoms. The Kier molecular flexibility index (Phi) is 8.39. The second-order valence-electron chi connectivity index (χ2n) is 10.6. The molecule has 0 N–H and O–H groups in total. The standard InChI is InChI=1S/C30H37N5O4S/c1-32(15-16-39-2)30(36)29-21-33(20-28(29)27-10-6-8-24-7-4-5-9-26(24)27)19-25-17-31-22-34(25)18-23-11-13-35(14-12-23)40(3,37)38/h4-10,17,20-23H,11-16,18-19H2,1-3H3. The number of sulfonamides is 1. The van der Waals surface area contributed by atoms with Crippen LogP contribution in [-0.2, 0) is 27.8 Å². The topological polar surface area (TPSA) is 89.7 Å². The maximum absolute atomic E-state index is 13.6. The van der Waals surface area contributed by atoms with Crippen LogP contribution < -0.4 is 0 Å². The van der Waals surface area contributed by atoms with E-state index in [4.69, 9.17) is 4.74 Å². The molecule has 3 heterocycles. The van der Waals surface area contributed by atoms with E-state index < -0.39 is 10.0 Å². The van der Waals surface area contributed by atoms with Crippen molar-refractivity contribution in [1.29, 1.82) is 0 Å². The molecule has 1 amide bonds. The Labute approximate surface area is 236 Å². The number of hydrogen-bond acceptors (Lipinski definition) is 5. The molecule has 2 aromatic carbocycles. The lowest BCUT2D eigenvalue weighted by Crippen LogP contribution is -2.38. The van der Waals surface area contributed by atoms with E-state index in [9.17, 15) is 13.2 Å². The van der Waals surface area contributed by atoms with Gasteiger partial charge in [0.25, 0.3) is 5.91 Å². The Morgan fingerprint density at radius 3 is 2.58 bits per heavy atom. The Morgan fingerprint density at radius 1 is 1.07 bits per heavy atom. The van der Waals surface area contributed by atoms with E-state index in [0.717, 1.165) is 47.0 Å². The van der Waals surface area contributed by atoms with Crippen molar-refractivity contribution >= 4 is 26.7 Å². The van der Waals surface area contributed by atoms with Crippen LogP contribution in [0.4, 0.5) is 0 Å². The normalized spacial score (nSPS) is 15.1. The lowest BCUT2D eigenvalue weighted by atomic mass is 9.97. The van der Waals surface area contributed by atoms with E-state index in [-0.39, 0.29) is 5.91 Å². The zero-order valence-corrected chi connectivity index (χ0v) is 24.2. The second-order valence-corrected chi connectivity index (χ2v) is 12.6. The molecule has 1 aliphatic heterocycles. The predicted octanol–water partition coefficient (Wildman–Crippen LogP) is 3.94. The van der Waals surface area contributed by atoms with Crippen LogP contribution in [0.5, 0.6) is 0 Å². The molecule has 10 heteroatoms. The molecular weight excluding hydrogens is 526 g/mol. The summed E-state index contributed by atoms with van der Waals surface area (Å²) in [6.45, 7) is 3.43. The fraction of sp³-hybridized carbons (Fsp3) is 0.400. The molecule has 5 rings (SSSR count). The van der Waals surface area contributed by atoms with E-state index in [2.05, 4.69) is 44.6 Å². The van der Waals surface area contributed by atoms with Gasteiger partial charge >= 0.3 is 0 Å². The van der Waals surface area contributed by atoms with Gasteiger partial charge in [-0.15, -0.1) is 0 Å².